The van der Waals surface area contributed by atoms with Crippen LogP contribution in [-0.4, -0.2) is 79.3 Å². The highest BCUT2D eigenvalue weighted by atomic mass is 79.9. The first-order valence-electron chi connectivity index (χ1n) is 14.6. The molecule has 1 saturated heterocycles. The molecule has 3 aromatic heterocycles. The number of pyridine rings is 1. The number of anilines is 1. The predicted molar refractivity (Wildman–Crippen MR) is 166 cm³/mol. The van der Waals surface area contributed by atoms with Crippen molar-refractivity contribution >= 4 is 27.7 Å². The third-order valence-corrected chi connectivity index (χ3v) is 9.08. The molecule has 236 valence electrons. The van der Waals surface area contributed by atoms with Gasteiger partial charge in [0.25, 0.3) is 11.5 Å². The number of carbonyl (C=O) groups is 1. The molecular weight excluding hydrogens is 653 g/mol. The molecule has 14 heteroatoms. The highest BCUT2D eigenvalue weighted by Gasteiger charge is 2.36. The number of piperazine rings is 1. The Morgan fingerprint density at radius 2 is 1.78 bits per heavy atom. The highest BCUT2D eigenvalue weighted by Crippen LogP contribution is 2.36. The molecule has 0 aliphatic carbocycles. The number of carbonyl (C=O) groups excluding carboxylic acids is 1. The Hall–Kier alpha value is -4.04. The van der Waals surface area contributed by atoms with Crippen molar-refractivity contribution in [1.29, 1.82) is 0 Å². The van der Waals surface area contributed by atoms with Gasteiger partial charge in [0.2, 0.25) is 5.95 Å². The fraction of sp³-hybridized carbons (Fsp3) is 0.387. The second-order valence-electron chi connectivity index (χ2n) is 11.7. The zero-order chi connectivity index (χ0) is 32.2. The second-order valence-corrected chi connectivity index (χ2v) is 12.5. The summed E-state index contributed by atoms with van der Waals surface area (Å²) in [5.41, 5.74) is 1.48. The van der Waals surface area contributed by atoms with Crippen molar-refractivity contribution in [2.45, 2.75) is 46.0 Å². The van der Waals surface area contributed by atoms with Crippen LogP contribution in [0.15, 0.2) is 51.9 Å². The van der Waals surface area contributed by atoms with Gasteiger partial charge in [0.15, 0.2) is 0 Å². The fourth-order valence-electron chi connectivity index (χ4n) is 5.90. The normalized spacial score (nSPS) is 17.5. The Morgan fingerprint density at radius 1 is 1.04 bits per heavy atom. The number of nitrogens with zero attached hydrogens (tertiary/aromatic N) is 8. The van der Waals surface area contributed by atoms with Gasteiger partial charge < -0.3 is 14.7 Å². The number of aryl methyl sites for hydroxylation is 2. The van der Waals surface area contributed by atoms with Crippen LogP contribution in [0.1, 0.15) is 45.5 Å². The number of aromatic nitrogens is 5. The topological polar surface area (TPSA) is 92.4 Å². The first-order valence-corrected chi connectivity index (χ1v) is 15.4. The maximum atomic E-state index is 14.2. The van der Waals surface area contributed by atoms with Crippen LogP contribution in [0.25, 0.3) is 11.6 Å². The van der Waals surface area contributed by atoms with Crippen molar-refractivity contribution in [3.8, 4) is 11.6 Å². The minimum absolute atomic E-state index is 0.0459. The summed E-state index contributed by atoms with van der Waals surface area (Å²) in [4.78, 5) is 43.3. The van der Waals surface area contributed by atoms with E-state index in [9.17, 15) is 22.8 Å². The van der Waals surface area contributed by atoms with E-state index in [1.165, 1.54) is 21.6 Å². The first-order chi connectivity index (χ1) is 21.3. The van der Waals surface area contributed by atoms with Crippen LogP contribution in [0.5, 0.6) is 0 Å². The van der Waals surface area contributed by atoms with E-state index >= 15 is 0 Å². The van der Waals surface area contributed by atoms with E-state index in [1.54, 1.807) is 17.8 Å². The Labute approximate surface area is 266 Å². The minimum atomic E-state index is -4.63. The fourth-order valence-corrected chi connectivity index (χ4v) is 6.37. The molecule has 2 aliphatic rings. The molecule has 45 heavy (non-hydrogen) atoms. The van der Waals surface area contributed by atoms with Crippen LogP contribution in [0.4, 0.5) is 19.0 Å². The molecule has 2 aliphatic heterocycles. The van der Waals surface area contributed by atoms with E-state index in [2.05, 4.69) is 42.9 Å². The maximum Gasteiger partial charge on any atom is 0.417 e. The van der Waals surface area contributed by atoms with Gasteiger partial charge >= 0.3 is 6.18 Å². The molecule has 0 N–H and O–H groups in total. The van der Waals surface area contributed by atoms with Crippen molar-refractivity contribution in [3.05, 3.63) is 91.2 Å². The molecular formula is C31H32BrF3N8O2. The number of alkyl halides is 3. The predicted octanol–water partition coefficient (Wildman–Crippen LogP) is 4.55. The Kier molecular flexibility index (Phi) is 8.06. The lowest BCUT2D eigenvalue weighted by atomic mass is 9.98. The lowest BCUT2D eigenvalue weighted by Crippen LogP contribution is -2.46. The van der Waals surface area contributed by atoms with Gasteiger partial charge in [-0.1, -0.05) is 15.9 Å². The maximum absolute atomic E-state index is 14.2. The van der Waals surface area contributed by atoms with Crippen LogP contribution in [0.2, 0.25) is 0 Å². The molecule has 0 unspecified atom stereocenters. The smallest absolute Gasteiger partial charge is 0.354 e. The number of benzene rings is 1. The number of hydrogen-bond donors (Lipinski definition) is 0. The van der Waals surface area contributed by atoms with E-state index in [0.29, 0.717) is 16.9 Å². The third kappa shape index (κ3) is 5.88. The van der Waals surface area contributed by atoms with Crippen LogP contribution < -0.4 is 10.5 Å². The van der Waals surface area contributed by atoms with Gasteiger partial charge in [-0.05, 0) is 70.6 Å². The molecule has 6 rings (SSSR count). The van der Waals surface area contributed by atoms with Crippen molar-refractivity contribution in [1.82, 2.24) is 34.1 Å². The summed E-state index contributed by atoms with van der Waals surface area (Å²) in [5, 5.41) is 4.58. The summed E-state index contributed by atoms with van der Waals surface area (Å²) in [6, 6.07) is 8.57. The highest BCUT2D eigenvalue weighted by molar-refractivity contribution is 9.10. The molecule has 4 aromatic rings. The second kappa shape index (κ2) is 11.7. The van der Waals surface area contributed by atoms with Gasteiger partial charge in [-0.2, -0.15) is 18.3 Å². The van der Waals surface area contributed by atoms with Gasteiger partial charge in [0.05, 0.1) is 35.4 Å². The van der Waals surface area contributed by atoms with E-state index < -0.39 is 23.7 Å². The minimum Gasteiger partial charge on any atom is -0.354 e. The van der Waals surface area contributed by atoms with Crippen LogP contribution >= 0.6 is 15.9 Å². The largest absolute Gasteiger partial charge is 0.417 e. The van der Waals surface area contributed by atoms with Gasteiger partial charge in [-0.15, -0.1) is 0 Å². The average Bonchev–Trinajstić information content (AvgIpc) is 3.34. The summed E-state index contributed by atoms with van der Waals surface area (Å²) in [5.74, 6) is 0.486. The first kappa shape index (κ1) is 31.0. The molecule has 5 heterocycles. The molecule has 10 nitrogen and oxygen atoms in total. The Morgan fingerprint density at radius 3 is 2.40 bits per heavy atom. The molecule has 0 spiro atoms. The van der Waals surface area contributed by atoms with E-state index in [-0.39, 0.29) is 34.5 Å². The molecule has 0 bridgehead atoms. The number of hydrogen-bond acceptors (Lipinski definition) is 7. The van der Waals surface area contributed by atoms with Gasteiger partial charge in [0, 0.05) is 53.5 Å². The average molecular weight is 686 g/mol. The SMILES string of the molecule is Cc1cc(C)n(-c2nc3c(c(=O)n2-c2ccc(N4CCN(C)CC4)nc2)C[C@@H](C)N(C(=O)c2ccc(Br)c(C(F)(F)F)c2)C3)n1. The summed E-state index contributed by atoms with van der Waals surface area (Å²) < 4.78 is 43.7. The molecule has 1 amide bonds. The number of rotatable bonds is 4. The van der Waals surface area contributed by atoms with Gasteiger partial charge in [-0.3, -0.25) is 9.59 Å². The summed E-state index contributed by atoms with van der Waals surface area (Å²) in [6.07, 6.45) is -2.79. The van der Waals surface area contributed by atoms with E-state index in [4.69, 9.17) is 4.98 Å². The van der Waals surface area contributed by atoms with E-state index in [0.717, 1.165) is 49.5 Å². The summed E-state index contributed by atoms with van der Waals surface area (Å²) in [7, 11) is 2.09. The monoisotopic (exact) mass is 684 g/mol. The van der Waals surface area contributed by atoms with Crippen molar-refractivity contribution in [3.63, 3.8) is 0 Å². The summed E-state index contributed by atoms with van der Waals surface area (Å²) >= 11 is 2.93. The molecule has 0 radical (unpaired) electrons. The zero-order valence-corrected chi connectivity index (χ0v) is 26.9. The molecule has 1 aromatic carbocycles. The Bertz CT molecular complexity index is 1830. The van der Waals surface area contributed by atoms with Crippen LogP contribution in [0.3, 0.4) is 0 Å². The lowest BCUT2D eigenvalue weighted by molar-refractivity contribution is -0.138. The van der Waals surface area contributed by atoms with Crippen molar-refractivity contribution in [2.75, 3.05) is 38.1 Å². The summed E-state index contributed by atoms with van der Waals surface area (Å²) in [6.45, 7) is 8.99. The number of fused-ring (bicyclic) bond motifs is 1. The zero-order valence-electron chi connectivity index (χ0n) is 25.3. The van der Waals surface area contributed by atoms with Crippen molar-refractivity contribution < 1.29 is 18.0 Å². The van der Waals surface area contributed by atoms with Gasteiger partial charge in [-0.25, -0.2) is 19.2 Å². The quantitative estimate of drug-likeness (QED) is 0.312. The van der Waals surface area contributed by atoms with Crippen LogP contribution in [0, 0.1) is 13.8 Å². The van der Waals surface area contributed by atoms with E-state index in [1.807, 2.05) is 32.0 Å². The number of likely N-dealkylation sites (N-methyl/N-ethyl adjacent to an activating group) is 1. The third-order valence-electron chi connectivity index (χ3n) is 8.39. The van der Waals surface area contributed by atoms with Crippen molar-refractivity contribution in [2.24, 2.45) is 0 Å². The molecule has 1 atom stereocenters. The lowest BCUT2D eigenvalue weighted by Gasteiger charge is -2.35. The van der Waals surface area contributed by atoms with Gasteiger partial charge in [0.1, 0.15) is 5.82 Å². The standard InChI is InChI=1S/C31H32BrF3N8O2/c1-18-13-20(3)43(38-18)30-37-26-17-41(28(44)21-5-7-25(32)24(15-21)31(33,34)35)19(2)14-23(26)29(45)42(30)22-6-8-27(36-16-22)40-11-9-39(4)10-12-40/h5-8,13,15-16,19H,9-12,14,17H2,1-4H3/t19-/m1/s1. The van der Waals surface area contributed by atoms with Crippen LogP contribution in [-0.2, 0) is 19.1 Å². The number of halogens is 4. The number of amides is 1. The molecule has 0 saturated carbocycles. The molecule has 1 fully saturated rings. The Balaban J connectivity index is 1.40.